The van der Waals surface area contributed by atoms with Crippen molar-refractivity contribution in [3.63, 3.8) is 0 Å². The van der Waals surface area contributed by atoms with Crippen LogP contribution in [0, 0.1) is 0 Å². The third-order valence-corrected chi connectivity index (χ3v) is 9.99. The van der Waals surface area contributed by atoms with Crippen molar-refractivity contribution < 1.29 is 19.1 Å². The maximum atomic E-state index is 13.7. The van der Waals surface area contributed by atoms with Gasteiger partial charge in [-0.2, -0.15) is 0 Å². The second-order valence-corrected chi connectivity index (χ2v) is 14.1. The fraction of sp³-hybridized carbons (Fsp3) is 0.333. The van der Waals surface area contributed by atoms with Crippen LogP contribution < -0.4 is 0 Å². The molecule has 0 spiro atoms. The number of ether oxygens (including phenoxy) is 2. The number of pyridine rings is 2. The fourth-order valence-electron chi connectivity index (χ4n) is 6.91. The van der Waals surface area contributed by atoms with Crippen LogP contribution in [-0.4, -0.2) is 35.1 Å². The van der Waals surface area contributed by atoms with E-state index >= 15 is 0 Å². The number of unbranched alkanes of at least 4 members (excludes halogenated alkanes) is 10. The molecule has 0 unspecified atom stereocenters. The molecule has 278 valence electrons. The third-order valence-electron chi connectivity index (χ3n) is 9.99. The van der Waals surface area contributed by atoms with E-state index in [0.717, 1.165) is 82.9 Å². The van der Waals surface area contributed by atoms with Crippen LogP contribution in [0.3, 0.4) is 0 Å². The number of fused-ring (bicyclic) bond motifs is 2. The first-order valence-corrected chi connectivity index (χ1v) is 19.9. The van der Waals surface area contributed by atoms with Gasteiger partial charge in [0.15, 0.2) is 0 Å². The number of nitrogens with zero attached hydrogens (tertiary/aromatic N) is 2. The van der Waals surface area contributed by atoms with E-state index in [9.17, 15) is 9.59 Å². The third kappa shape index (κ3) is 9.98. The van der Waals surface area contributed by atoms with E-state index in [1.54, 1.807) is 0 Å². The Morgan fingerprint density at radius 1 is 0.444 bits per heavy atom. The molecule has 6 aromatic rings. The summed E-state index contributed by atoms with van der Waals surface area (Å²) in [4.78, 5) is 37.4. The number of carbonyl (C=O) groups is 2. The van der Waals surface area contributed by atoms with E-state index in [4.69, 9.17) is 19.4 Å². The maximum absolute atomic E-state index is 13.7. The lowest BCUT2D eigenvalue weighted by Crippen LogP contribution is -2.08. The molecular formula is C48H52N2O4. The highest BCUT2D eigenvalue weighted by atomic mass is 16.5. The Morgan fingerprint density at radius 2 is 0.833 bits per heavy atom. The molecule has 0 aliphatic carbocycles. The van der Waals surface area contributed by atoms with Crippen LogP contribution in [0.2, 0.25) is 0 Å². The Balaban J connectivity index is 1.33. The van der Waals surface area contributed by atoms with Gasteiger partial charge >= 0.3 is 11.9 Å². The van der Waals surface area contributed by atoms with Crippen molar-refractivity contribution in [2.45, 2.75) is 90.9 Å². The minimum Gasteiger partial charge on any atom is -0.462 e. The molecule has 0 radical (unpaired) electrons. The molecule has 0 amide bonds. The Hall–Kier alpha value is -5.36. The summed E-state index contributed by atoms with van der Waals surface area (Å²) < 4.78 is 11.7. The molecule has 0 bridgehead atoms. The van der Waals surface area contributed by atoms with Crippen molar-refractivity contribution in [2.24, 2.45) is 0 Å². The van der Waals surface area contributed by atoms with Crippen LogP contribution in [0.5, 0.6) is 0 Å². The standard InChI is InChI=1S/C48H52N2O4/c1-3-5-7-9-11-19-29-53-47(51)41-33-45(35-21-15-13-16-22-35)49-43-27-25-37(31-39(41)43)38-26-28-44-40(32-38)42(34-46(50-44)36-23-17-14-18-24-36)48(52)54-30-20-12-10-8-6-4-2/h13-18,21-28,31-34H,3-12,19-20,29-30H2,1-2H3. The average molecular weight is 721 g/mol. The van der Waals surface area contributed by atoms with Gasteiger partial charge in [-0.1, -0.05) is 151 Å². The lowest BCUT2D eigenvalue weighted by atomic mass is 9.96. The summed E-state index contributed by atoms with van der Waals surface area (Å²) in [5.41, 5.74) is 7.48. The van der Waals surface area contributed by atoms with Gasteiger partial charge in [-0.05, 0) is 60.4 Å². The van der Waals surface area contributed by atoms with Gasteiger partial charge in [0.2, 0.25) is 0 Å². The molecule has 0 N–H and O–H groups in total. The van der Waals surface area contributed by atoms with Gasteiger partial charge in [0.05, 0.1) is 46.8 Å². The maximum Gasteiger partial charge on any atom is 0.338 e. The Labute approximate surface area is 320 Å². The van der Waals surface area contributed by atoms with Gasteiger partial charge in [0, 0.05) is 21.9 Å². The van der Waals surface area contributed by atoms with E-state index in [1.165, 1.54) is 38.5 Å². The van der Waals surface area contributed by atoms with Crippen molar-refractivity contribution >= 4 is 33.7 Å². The highest BCUT2D eigenvalue weighted by Gasteiger charge is 2.19. The Morgan fingerprint density at radius 3 is 1.24 bits per heavy atom. The molecule has 6 heteroatoms. The number of esters is 2. The fourth-order valence-corrected chi connectivity index (χ4v) is 6.91. The molecule has 0 atom stereocenters. The predicted molar refractivity (Wildman–Crippen MR) is 221 cm³/mol. The molecule has 2 heterocycles. The highest BCUT2D eigenvalue weighted by molar-refractivity contribution is 6.07. The Bertz CT molecular complexity index is 1990. The van der Waals surface area contributed by atoms with Crippen molar-refractivity contribution in [1.29, 1.82) is 0 Å². The number of hydrogen-bond acceptors (Lipinski definition) is 6. The topological polar surface area (TPSA) is 78.4 Å². The summed E-state index contributed by atoms with van der Waals surface area (Å²) in [6.07, 6.45) is 13.4. The number of benzene rings is 4. The minimum atomic E-state index is -0.350. The van der Waals surface area contributed by atoms with Gasteiger partial charge in [0.25, 0.3) is 0 Å². The van der Waals surface area contributed by atoms with E-state index in [1.807, 2.05) is 109 Å². The van der Waals surface area contributed by atoms with E-state index in [-0.39, 0.29) is 11.9 Å². The zero-order valence-corrected chi connectivity index (χ0v) is 31.8. The van der Waals surface area contributed by atoms with Gasteiger partial charge < -0.3 is 9.47 Å². The van der Waals surface area contributed by atoms with Crippen LogP contribution >= 0.6 is 0 Å². The van der Waals surface area contributed by atoms with Crippen molar-refractivity contribution in [3.05, 3.63) is 120 Å². The van der Waals surface area contributed by atoms with E-state index in [0.29, 0.717) is 35.4 Å². The van der Waals surface area contributed by atoms with Crippen LogP contribution in [0.15, 0.2) is 109 Å². The van der Waals surface area contributed by atoms with Crippen LogP contribution in [-0.2, 0) is 9.47 Å². The molecule has 0 fully saturated rings. The van der Waals surface area contributed by atoms with Crippen molar-refractivity contribution in [1.82, 2.24) is 9.97 Å². The highest BCUT2D eigenvalue weighted by Crippen LogP contribution is 2.33. The zero-order chi connectivity index (χ0) is 37.5. The molecule has 0 saturated carbocycles. The summed E-state index contributed by atoms with van der Waals surface area (Å²) in [5.74, 6) is -0.700. The first-order chi connectivity index (χ1) is 26.6. The molecule has 2 aromatic heterocycles. The SMILES string of the molecule is CCCCCCCCOC(=O)c1cc(-c2ccccc2)nc2ccc(-c3ccc4nc(-c5ccccc5)cc(C(=O)OCCCCCCCC)c4c3)cc12. The largest absolute Gasteiger partial charge is 0.462 e. The summed E-state index contributed by atoms with van der Waals surface area (Å²) in [6.45, 7) is 5.19. The molecular weight excluding hydrogens is 669 g/mol. The number of aromatic nitrogens is 2. The summed E-state index contributed by atoms with van der Waals surface area (Å²) in [6, 6.07) is 35.4. The van der Waals surface area contributed by atoms with Gasteiger partial charge in [-0.15, -0.1) is 0 Å². The van der Waals surface area contributed by atoms with Crippen molar-refractivity contribution in [3.8, 4) is 33.6 Å². The van der Waals surface area contributed by atoms with Crippen LogP contribution in [0.4, 0.5) is 0 Å². The summed E-state index contributed by atoms with van der Waals surface area (Å²) in [7, 11) is 0. The van der Waals surface area contributed by atoms with Crippen LogP contribution in [0.1, 0.15) is 112 Å². The Kier molecular flexibility index (Phi) is 14.0. The van der Waals surface area contributed by atoms with Crippen LogP contribution in [0.25, 0.3) is 55.4 Å². The predicted octanol–water partition coefficient (Wildman–Crippen LogP) is 12.8. The average Bonchev–Trinajstić information content (AvgIpc) is 3.22. The molecule has 6 rings (SSSR count). The van der Waals surface area contributed by atoms with Gasteiger partial charge in [-0.25, -0.2) is 19.6 Å². The first-order valence-electron chi connectivity index (χ1n) is 19.9. The second-order valence-electron chi connectivity index (χ2n) is 14.1. The normalized spacial score (nSPS) is 11.2. The summed E-state index contributed by atoms with van der Waals surface area (Å²) in [5, 5.41) is 1.44. The molecule has 4 aromatic carbocycles. The smallest absolute Gasteiger partial charge is 0.338 e. The zero-order valence-electron chi connectivity index (χ0n) is 31.8. The first kappa shape index (κ1) is 38.4. The monoisotopic (exact) mass is 720 g/mol. The second kappa shape index (κ2) is 19.6. The molecule has 54 heavy (non-hydrogen) atoms. The molecule has 0 aliphatic heterocycles. The molecule has 0 aliphatic rings. The van der Waals surface area contributed by atoms with Gasteiger partial charge in [-0.3, -0.25) is 0 Å². The van der Waals surface area contributed by atoms with E-state index in [2.05, 4.69) is 13.8 Å². The minimum absolute atomic E-state index is 0.350. The molecule has 0 saturated heterocycles. The summed E-state index contributed by atoms with van der Waals surface area (Å²) >= 11 is 0. The number of hydrogen-bond donors (Lipinski definition) is 0. The molecule has 6 nitrogen and oxygen atoms in total. The number of carbonyl (C=O) groups excluding carboxylic acids is 2. The van der Waals surface area contributed by atoms with Crippen molar-refractivity contribution in [2.75, 3.05) is 13.2 Å². The van der Waals surface area contributed by atoms with E-state index < -0.39 is 0 Å². The lowest BCUT2D eigenvalue weighted by Gasteiger charge is -2.13. The number of rotatable bonds is 19. The quantitative estimate of drug-likeness (QED) is 0.0612. The van der Waals surface area contributed by atoms with Gasteiger partial charge in [0.1, 0.15) is 0 Å². The lowest BCUT2D eigenvalue weighted by molar-refractivity contribution is 0.0490.